The van der Waals surface area contributed by atoms with E-state index in [4.69, 9.17) is 0 Å². The maximum Gasteiger partial charge on any atom is 0.328 e. The summed E-state index contributed by atoms with van der Waals surface area (Å²) in [5.41, 5.74) is 0. The second-order valence-electron chi connectivity index (χ2n) is 4.33. The fourth-order valence-corrected chi connectivity index (χ4v) is 2.05. The highest BCUT2D eigenvalue weighted by atomic mass is 16.2. The van der Waals surface area contributed by atoms with Gasteiger partial charge in [-0.1, -0.05) is 0 Å². The van der Waals surface area contributed by atoms with Gasteiger partial charge in [0, 0.05) is 26.2 Å². The standard InChI is InChI=1S/C10H18N4O2/c1-13-6-7-14(10(13)16)9(15)12-8-2-4-11-5-3-8/h8,11H,2-7H2,1H3,(H,12,15). The first-order valence-electron chi connectivity index (χ1n) is 5.72. The molecule has 4 amide bonds. The smallest absolute Gasteiger partial charge is 0.328 e. The van der Waals surface area contributed by atoms with Gasteiger partial charge < -0.3 is 15.5 Å². The van der Waals surface area contributed by atoms with Gasteiger partial charge in [-0.15, -0.1) is 0 Å². The van der Waals surface area contributed by atoms with Gasteiger partial charge in [-0.3, -0.25) is 0 Å². The summed E-state index contributed by atoms with van der Waals surface area (Å²) in [5, 5.41) is 6.14. The zero-order valence-corrected chi connectivity index (χ0v) is 9.53. The molecule has 0 aromatic rings. The third-order valence-corrected chi connectivity index (χ3v) is 3.13. The average molecular weight is 226 g/mol. The topological polar surface area (TPSA) is 64.7 Å². The molecule has 90 valence electrons. The molecule has 0 aromatic heterocycles. The molecule has 2 heterocycles. The lowest BCUT2D eigenvalue weighted by molar-refractivity contribution is 0.185. The molecule has 16 heavy (non-hydrogen) atoms. The van der Waals surface area contributed by atoms with Crippen LogP contribution in [0.15, 0.2) is 0 Å². The summed E-state index contributed by atoms with van der Waals surface area (Å²) in [5.74, 6) is 0. The van der Waals surface area contributed by atoms with E-state index in [0.29, 0.717) is 13.1 Å². The van der Waals surface area contributed by atoms with Crippen LogP contribution in [0.3, 0.4) is 0 Å². The van der Waals surface area contributed by atoms with E-state index < -0.39 is 0 Å². The molecular formula is C10H18N4O2. The van der Waals surface area contributed by atoms with Gasteiger partial charge in [0.25, 0.3) is 0 Å². The fraction of sp³-hybridized carbons (Fsp3) is 0.800. The predicted molar refractivity (Wildman–Crippen MR) is 59.2 cm³/mol. The third-order valence-electron chi connectivity index (χ3n) is 3.13. The number of nitrogens with zero attached hydrogens (tertiary/aromatic N) is 2. The van der Waals surface area contributed by atoms with Gasteiger partial charge in [-0.25, -0.2) is 14.5 Å². The Morgan fingerprint density at radius 1 is 1.38 bits per heavy atom. The summed E-state index contributed by atoms with van der Waals surface area (Å²) in [4.78, 5) is 26.2. The van der Waals surface area contributed by atoms with Gasteiger partial charge in [0.15, 0.2) is 0 Å². The summed E-state index contributed by atoms with van der Waals surface area (Å²) in [7, 11) is 1.71. The number of hydrogen-bond acceptors (Lipinski definition) is 3. The van der Waals surface area contributed by atoms with Crippen LogP contribution in [-0.2, 0) is 0 Å². The van der Waals surface area contributed by atoms with Crippen LogP contribution in [0.5, 0.6) is 0 Å². The molecule has 6 nitrogen and oxygen atoms in total. The van der Waals surface area contributed by atoms with Crippen LogP contribution >= 0.6 is 0 Å². The van der Waals surface area contributed by atoms with E-state index in [0.717, 1.165) is 25.9 Å². The van der Waals surface area contributed by atoms with Crippen molar-refractivity contribution in [2.24, 2.45) is 0 Å². The summed E-state index contributed by atoms with van der Waals surface area (Å²) in [6.45, 7) is 2.97. The number of carbonyl (C=O) groups is 2. The number of piperidine rings is 1. The van der Waals surface area contributed by atoms with Gasteiger partial charge in [0.05, 0.1) is 0 Å². The molecule has 6 heteroatoms. The van der Waals surface area contributed by atoms with Crippen molar-refractivity contribution in [1.29, 1.82) is 0 Å². The second-order valence-corrected chi connectivity index (χ2v) is 4.33. The number of imide groups is 1. The highest BCUT2D eigenvalue weighted by molar-refractivity contribution is 5.94. The lowest BCUT2D eigenvalue weighted by Gasteiger charge is -2.25. The summed E-state index contributed by atoms with van der Waals surface area (Å²) < 4.78 is 0. The number of carbonyl (C=O) groups excluding carboxylic acids is 2. The Hall–Kier alpha value is -1.30. The molecule has 0 aliphatic carbocycles. The second kappa shape index (κ2) is 4.69. The summed E-state index contributed by atoms with van der Waals surface area (Å²) in [6, 6.07) is -0.250. The number of amides is 4. The minimum absolute atomic E-state index is 0.201. The average Bonchev–Trinajstić information content (AvgIpc) is 2.61. The van der Waals surface area contributed by atoms with Gasteiger partial charge in [0.1, 0.15) is 0 Å². The van der Waals surface area contributed by atoms with Crippen molar-refractivity contribution in [2.75, 3.05) is 33.2 Å². The molecular weight excluding hydrogens is 208 g/mol. The van der Waals surface area contributed by atoms with Crippen molar-refractivity contribution in [3.63, 3.8) is 0 Å². The maximum atomic E-state index is 11.8. The molecule has 2 N–H and O–H groups in total. The van der Waals surface area contributed by atoms with E-state index in [1.54, 1.807) is 11.9 Å². The normalized spacial score (nSPS) is 22.7. The number of urea groups is 2. The number of likely N-dealkylation sites (N-methyl/N-ethyl adjacent to an activating group) is 1. The molecule has 0 radical (unpaired) electrons. The monoisotopic (exact) mass is 226 g/mol. The molecule has 2 fully saturated rings. The minimum Gasteiger partial charge on any atom is -0.335 e. The summed E-state index contributed by atoms with van der Waals surface area (Å²) in [6.07, 6.45) is 1.87. The van der Waals surface area contributed by atoms with Crippen molar-refractivity contribution < 1.29 is 9.59 Å². The van der Waals surface area contributed by atoms with Crippen LogP contribution in [-0.4, -0.2) is 61.1 Å². The van der Waals surface area contributed by atoms with E-state index in [-0.39, 0.29) is 18.1 Å². The first-order chi connectivity index (χ1) is 7.68. The van der Waals surface area contributed by atoms with E-state index >= 15 is 0 Å². The van der Waals surface area contributed by atoms with E-state index in [9.17, 15) is 9.59 Å². The van der Waals surface area contributed by atoms with E-state index in [1.165, 1.54) is 4.90 Å². The molecule has 0 unspecified atom stereocenters. The highest BCUT2D eigenvalue weighted by Crippen LogP contribution is 2.08. The van der Waals surface area contributed by atoms with Crippen LogP contribution in [0.4, 0.5) is 9.59 Å². The Bertz CT molecular complexity index is 289. The molecule has 0 saturated carbocycles. The van der Waals surface area contributed by atoms with Gasteiger partial charge in [-0.2, -0.15) is 0 Å². The number of nitrogens with one attached hydrogen (secondary N) is 2. The van der Waals surface area contributed by atoms with Crippen molar-refractivity contribution in [3.8, 4) is 0 Å². The van der Waals surface area contributed by atoms with E-state index in [1.807, 2.05) is 0 Å². The Labute approximate surface area is 95.0 Å². The molecule has 2 aliphatic rings. The number of hydrogen-bond donors (Lipinski definition) is 2. The quantitative estimate of drug-likeness (QED) is 0.651. The van der Waals surface area contributed by atoms with E-state index in [2.05, 4.69) is 10.6 Å². The first-order valence-corrected chi connectivity index (χ1v) is 5.72. The Balaban J connectivity index is 1.85. The Morgan fingerprint density at radius 3 is 2.62 bits per heavy atom. The van der Waals surface area contributed by atoms with Crippen molar-refractivity contribution in [1.82, 2.24) is 20.4 Å². The van der Waals surface area contributed by atoms with Crippen molar-refractivity contribution in [2.45, 2.75) is 18.9 Å². The van der Waals surface area contributed by atoms with Gasteiger partial charge in [0.2, 0.25) is 0 Å². The predicted octanol–water partition coefficient (Wildman–Crippen LogP) is -0.185. The Morgan fingerprint density at radius 2 is 2.06 bits per heavy atom. The fourth-order valence-electron chi connectivity index (χ4n) is 2.05. The van der Waals surface area contributed by atoms with Crippen molar-refractivity contribution in [3.05, 3.63) is 0 Å². The largest absolute Gasteiger partial charge is 0.335 e. The zero-order valence-electron chi connectivity index (χ0n) is 9.53. The lowest BCUT2D eigenvalue weighted by atomic mass is 10.1. The first kappa shape index (κ1) is 11.2. The molecule has 0 bridgehead atoms. The minimum atomic E-state index is -0.249. The molecule has 0 atom stereocenters. The lowest BCUT2D eigenvalue weighted by Crippen LogP contribution is -2.49. The molecule has 2 rings (SSSR count). The SMILES string of the molecule is CN1CCN(C(=O)NC2CCNCC2)C1=O. The molecule has 0 spiro atoms. The zero-order chi connectivity index (χ0) is 11.5. The molecule has 2 saturated heterocycles. The maximum absolute atomic E-state index is 11.8. The van der Waals surface area contributed by atoms with Gasteiger partial charge >= 0.3 is 12.1 Å². The molecule has 2 aliphatic heterocycles. The molecule has 0 aromatic carbocycles. The Kier molecular flexibility index (Phi) is 3.28. The van der Waals surface area contributed by atoms with Crippen LogP contribution in [0, 0.1) is 0 Å². The van der Waals surface area contributed by atoms with Crippen molar-refractivity contribution >= 4 is 12.1 Å². The van der Waals surface area contributed by atoms with Crippen LogP contribution in [0.2, 0.25) is 0 Å². The van der Waals surface area contributed by atoms with Crippen LogP contribution < -0.4 is 10.6 Å². The van der Waals surface area contributed by atoms with Gasteiger partial charge in [-0.05, 0) is 25.9 Å². The highest BCUT2D eigenvalue weighted by Gasteiger charge is 2.31. The van der Waals surface area contributed by atoms with Crippen LogP contribution in [0.1, 0.15) is 12.8 Å². The number of rotatable bonds is 1. The third kappa shape index (κ3) is 2.27. The van der Waals surface area contributed by atoms with Crippen LogP contribution in [0.25, 0.3) is 0 Å². The summed E-state index contributed by atoms with van der Waals surface area (Å²) >= 11 is 0.